The van der Waals surface area contributed by atoms with Gasteiger partial charge in [-0.1, -0.05) is 27.7 Å². The highest BCUT2D eigenvalue weighted by Crippen LogP contribution is 2.42. The van der Waals surface area contributed by atoms with Crippen molar-refractivity contribution in [3.63, 3.8) is 0 Å². The van der Waals surface area contributed by atoms with Crippen molar-refractivity contribution in [3.05, 3.63) is 33.1 Å². The third kappa shape index (κ3) is 3.32. The molecule has 1 saturated heterocycles. The standard InChI is InChI=1S/C11H15FN2O3.C2H6/c1-3-11(12)6-7(2)9(17-11)14-5-4-8(15)13-10(14)16;1-2/h4-5,7,9H,3,6H2,1-2H3,(H,13,15,16);1-2H3. The quantitative estimate of drug-likeness (QED) is 0.897. The van der Waals surface area contributed by atoms with E-state index in [0.717, 1.165) is 0 Å². The Morgan fingerprint density at radius 2 is 2.16 bits per heavy atom. The lowest BCUT2D eigenvalue weighted by Crippen LogP contribution is -2.33. The zero-order valence-corrected chi connectivity index (χ0v) is 11.8. The van der Waals surface area contributed by atoms with E-state index >= 15 is 0 Å². The number of ether oxygens (including phenoxy) is 1. The Labute approximate surface area is 111 Å². The number of hydrogen-bond donors (Lipinski definition) is 1. The van der Waals surface area contributed by atoms with Crippen molar-refractivity contribution in [2.45, 2.75) is 52.6 Å². The minimum absolute atomic E-state index is 0.122. The molecule has 3 atom stereocenters. The average molecular weight is 272 g/mol. The van der Waals surface area contributed by atoms with Gasteiger partial charge in [0.2, 0.25) is 5.85 Å². The van der Waals surface area contributed by atoms with Crippen LogP contribution in [0.1, 0.15) is 46.8 Å². The second-order valence-electron chi connectivity index (χ2n) is 4.44. The van der Waals surface area contributed by atoms with E-state index in [-0.39, 0.29) is 18.8 Å². The minimum Gasteiger partial charge on any atom is -0.321 e. The van der Waals surface area contributed by atoms with Crippen molar-refractivity contribution < 1.29 is 9.13 Å². The van der Waals surface area contributed by atoms with Gasteiger partial charge in [-0.05, 0) is 0 Å². The molecule has 0 amide bonds. The molecule has 0 aromatic carbocycles. The van der Waals surface area contributed by atoms with Gasteiger partial charge in [0.25, 0.3) is 5.56 Å². The lowest BCUT2D eigenvalue weighted by Gasteiger charge is -2.20. The van der Waals surface area contributed by atoms with Gasteiger partial charge in [0.05, 0.1) is 0 Å². The van der Waals surface area contributed by atoms with Crippen LogP contribution in [-0.4, -0.2) is 15.4 Å². The maximum atomic E-state index is 14.0. The summed E-state index contributed by atoms with van der Waals surface area (Å²) in [6, 6.07) is 1.22. The van der Waals surface area contributed by atoms with Crippen molar-refractivity contribution in [1.29, 1.82) is 0 Å². The zero-order chi connectivity index (χ0) is 14.6. The summed E-state index contributed by atoms with van der Waals surface area (Å²) in [5, 5.41) is 0. The van der Waals surface area contributed by atoms with E-state index in [2.05, 4.69) is 4.98 Å². The fourth-order valence-corrected chi connectivity index (χ4v) is 2.15. The largest absolute Gasteiger partial charge is 0.330 e. The third-order valence-corrected chi connectivity index (χ3v) is 3.10. The highest BCUT2D eigenvalue weighted by molar-refractivity contribution is 4.89. The normalized spacial score (nSPS) is 29.7. The second kappa shape index (κ2) is 6.14. The second-order valence-corrected chi connectivity index (χ2v) is 4.44. The number of H-pyrrole nitrogens is 1. The number of aromatic nitrogens is 2. The molecule has 1 aliphatic rings. The molecular weight excluding hydrogens is 251 g/mol. The summed E-state index contributed by atoms with van der Waals surface area (Å²) in [7, 11) is 0. The van der Waals surface area contributed by atoms with Crippen LogP contribution in [0, 0.1) is 5.92 Å². The van der Waals surface area contributed by atoms with Crippen LogP contribution in [0.2, 0.25) is 0 Å². The molecular formula is C13H21FN2O3. The first kappa shape index (κ1) is 15.6. The summed E-state index contributed by atoms with van der Waals surface area (Å²) >= 11 is 0. The maximum absolute atomic E-state index is 14.0. The van der Waals surface area contributed by atoms with Gasteiger partial charge >= 0.3 is 5.69 Å². The molecule has 19 heavy (non-hydrogen) atoms. The Balaban J connectivity index is 0.000000861. The first-order valence-electron chi connectivity index (χ1n) is 6.63. The van der Waals surface area contributed by atoms with E-state index in [1.165, 1.54) is 16.8 Å². The van der Waals surface area contributed by atoms with Crippen molar-refractivity contribution in [1.82, 2.24) is 9.55 Å². The Morgan fingerprint density at radius 1 is 1.53 bits per heavy atom. The molecule has 0 bridgehead atoms. The van der Waals surface area contributed by atoms with Crippen LogP contribution in [0.15, 0.2) is 21.9 Å². The molecule has 0 radical (unpaired) electrons. The van der Waals surface area contributed by atoms with Crippen LogP contribution in [0.4, 0.5) is 4.39 Å². The van der Waals surface area contributed by atoms with Crippen LogP contribution in [0.3, 0.4) is 0 Å². The highest BCUT2D eigenvalue weighted by Gasteiger charge is 2.44. The van der Waals surface area contributed by atoms with Gasteiger partial charge in [0.15, 0.2) is 0 Å². The summed E-state index contributed by atoms with van der Waals surface area (Å²) in [6.45, 7) is 7.52. The van der Waals surface area contributed by atoms with Crippen molar-refractivity contribution in [2.24, 2.45) is 5.92 Å². The van der Waals surface area contributed by atoms with Crippen LogP contribution in [0.25, 0.3) is 0 Å². The van der Waals surface area contributed by atoms with Crippen LogP contribution < -0.4 is 11.2 Å². The molecule has 6 heteroatoms. The molecule has 0 aliphatic carbocycles. The van der Waals surface area contributed by atoms with E-state index in [1.807, 2.05) is 20.8 Å². The van der Waals surface area contributed by atoms with E-state index in [1.54, 1.807) is 6.92 Å². The topological polar surface area (TPSA) is 64.1 Å². The number of aromatic amines is 1. The average Bonchev–Trinajstić information content (AvgIpc) is 2.68. The van der Waals surface area contributed by atoms with Gasteiger partial charge in [-0.15, -0.1) is 0 Å². The third-order valence-electron chi connectivity index (χ3n) is 3.10. The van der Waals surface area contributed by atoms with Gasteiger partial charge in [-0.2, -0.15) is 0 Å². The lowest BCUT2D eigenvalue weighted by atomic mass is 10.0. The number of hydrogen-bond acceptors (Lipinski definition) is 3. The van der Waals surface area contributed by atoms with Gasteiger partial charge < -0.3 is 4.74 Å². The van der Waals surface area contributed by atoms with Crippen LogP contribution >= 0.6 is 0 Å². The smallest absolute Gasteiger partial charge is 0.321 e. The van der Waals surface area contributed by atoms with Gasteiger partial charge in [0, 0.05) is 31.0 Å². The molecule has 1 aliphatic heterocycles. The molecule has 108 valence electrons. The van der Waals surface area contributed by atoms with E-state index in [0.29, 0.717) is 0 Å². The molecule has 0 spiro atoms. The molecule has 5 nitrogen and oxygen atoms in total. The molecule has 1 N–H and O–H groups in total. The molecule has 1 aromatic rings. The first-order chi connectivity index (χ1) is 8.95. The highest BCUT2D eigenvalue weighted by atomic mass is 19.2. The van der Waals surface area contributed by atoms with Gasteiger partial charge in [0.1, 0.15) is 6.23 Å². The zero-order valence-electron chi connectivity index (χ0n) is 11.8. The van der Waals surface area contributed by atoms with Crippen molar-refractivity contribution in [2.75, 3.05) is 0 Å². The van der Waals surface area contributed by atoms with E-state index in [4.69, 9.17) is 4.74 Å². The predicted octanol–water partition coefficient (Wildman–Crippen LogP) is 2.19. The Bertz CT molecular complexity index is 525. The van der Waals surface area contributed by atoms with Crippen LogP contribution in [0.5, 0.6) is 0 Å². The Kier molecular flexibility index (Phi) is 5.05. The number of nitrogens with zero attached hydrogens (tertiary/aromatic N) is 1. The lowest BCUT2D eigenvalue weighted by molar-refractivity contribution is -0.159. The Morgan fingerprint density at radius 3 is 2.63 bits per heavy atom. The van der Waals surface area contributed by atoms with Crippen molar-refractivity contribution in [3.8, 4) is 0 Å². The molecule has 0 saturated carbocycles. The maximum Gasteiger partial charge on any atom is 0.330 e. The van der Waals surface area contributed by atoms with Gasteiger partial charge in [-0.3, -0.25) is 14.3 Å². The number of nitrogens with one attached hydrogen (secondary N) is 1. The number of halogens is 1. The SMILES string of the molecule is CC.CCC1(F)CC(C)C(n2ccc(=O)[nH]c2=O)O1. The molecule has 3 unspecified atom stereocenters. The van der Waals surface area contributed by atoms with Crippen LogP contribution in [-0.2, 0) is 4.74 Å². The minimum atomic E-state index is -1.68. The molecule has 1 aromatic heterocycles. The number of alkyl halides is 1. The predicted molar refractivity (Wildman–Crippen MR) is 70.7 cm³/mol. The molecule has 2 heterocycles. The molecule has 1 fully saturated rings. The molecule has 2 rings (SSSR count). The summed E-state index contributed by atoms with van der Waals surface area (Å²) in [5.74, 6) is -1.80. The Hall–Kier alpha value is -1.43. The first-order valence-corrected chi connectivity index (χ1v) is 6.63. The summed E-state index contributed by atoms with van der Waals surface area (Å²) in [6.07, 6.45) is 1.17. The fraction of sp³-hybridized carbons (Fsp3) is 0.692. The van der Waals surface area contributed by atoms with E-state index < -0.39 is 23.3 Å². The van der Waals surface area contributed by atoms with E-state index in [9.17, 15) is 14.0 Å². The monoisotopic (exact) mass is 272 g/mol. The number of rotatable bonds is 2. The fourth-order valence-electron chi connectivity index (χ4n) is 2.15. The summed E-state index contributed by atoms with van der Waals surface area (Å²) < 4.78 is 20.5. The van der Waals surface area contributed by atoms with Gasteiger partial charge in [-0.25, -0.2) is 9.18 Å². The summed E-state index contributed by atoms with van der Waals surface area (Å²) in [4.78, 5) is 24.6. The van der Waals surface area contributed by atoms with Crippen molar-refractivity contribution >= 4 is 0 Å². The summed E-state index contributed by atoms with van der Waals surface area (Å²) in [5.41, 5.74) is -1.05.